The van der Waals surface area contributed by atoms with Crippen LogP contribution in [-0.2, 0) is 9.59 Å². The number of benzene rings is 1. The van der Waals surface area contributed by atoms with Crippen LogP contribution in [0.3, 0.4) is 0 Å². The number of carbonyl (C=O) groups is 2. The number of hydrogen-bond donors (Lipinski definition) is 2. The van der Waals surface area contributed by atoms with Gasteiger partial charge in [-0.2, -0.15) is 0 Å². The number of hydrogen-bond acceptors (Lipinski definition) is 2. The lowest BCUT2D eigenvalue weighted by Gasteiger charge is -2.24. The Hall–Kier alpha value is -1.84. The molecule has 1 unspecified atom stereocenters. The molecule has 4 nitrogen and oxygen atoms in total. The van der Waals surface area contributed by atoms with E-state index >= 15 is 0 Å². The second-order valence-corrected chi connectivity index (χ2v) is 5.05. The third kappa shape index (κ3) is 3.81. The lowest BCUT2D eigenvalue weighted by Crippen LogP contribution is -2.41. The van der Waals surface area contributed by atoms with Gasteiger partial charge in [-0.3, -0.25) is 9.59 Å². The van der Waals surface area contributed by atoms with Crippen LogP contribution in [0.2, 0.25) is 0 Å². The van der Waals surface area contributed by atoms with Gasteiger partial charge in [0.2, 0.25) is 11.8 Å². The molecular weight excluding hydrogens is 240 g/mol. The van der Waals surface area contributed by atoms with Crippen LogP contribution < -0.4 is 10.6 Å². The number of carbonyl (C=O) groups excluding carboxylic acids is 2. The molecule has 0 aliphatic heterocycles. The summed E-state index contributed by atoms with van der Waals surface area (Å²) in [7, 11) is 0. The smallest absolute Gasteiger partial charge is 0.239 e. The third-order valence-electron chi connectivity index (χ3n) is 3.58. The molecule has 1 aromatic carbocycles. The lowest BCUT2D eigenvalue weighted by molar-refractivity contribution is -0.130. The molecule has 19 heavy (non-hydrogen) atoms. The van der Waals surface area contributed by atoms with Gasteiger partial charge in [-0.25, -0.2) is 0 Å². The Labute approximate surface area is 113 Å². The van der Waals surface area contributed by atoms with E-state index in [4.69, 9.17) is 0 Å². The first-order valence-corrected chi connectivity index (χ1v) is 6.79. The van der Waals surface area contributed by atoms with Gasteiger partial charge in [0.05, 0.1) is 12.6 Å². The summed E-state index contributed by atoms with van der Waals surface area (Å²) in [6, 6.07) is 9.72. The Morgan fingerprint density at radius 2 is 1.95 bits per heavy atom. The lowest BCUT2D eigenvalue weighted by atomic mass is 9.85. The Bertz CT molecular complexity index is 441. The molecule has 4 heteroatoms. The summed E-state index contributed by atoms with van der Waals surface area (Å²) in [4.78, 5) is 23.3. The quantitative estimate of drug-likeness (QED) is 0.848. The number of amides is 2. The standard InChI is InChI=1S/C15H20N2O2/c1-11(12-6-3-2-4-7-12)17-14(18)10-16-15(19)13-8-5-9-13/h2-4,6-7,11,13H,5,8-10H2,1H3,(H,16,19)(H,17,18). The highest BCUT2D eigenvalue weighted by Crippen LogP contribution is 2.25. The molecule has 0 aromatic heterocycles. The zero-order chi connectivity index (χ0) is 13.7. The third-order valence-corrected chi connectivity index (χ3v) is 3.58. The first kappa shape index (κ1) is 13.6. The maximum absolute atomic E-state index is 11.7. The zero-order valence-corrected chi connectivity index (χ0v) is 11.2. The molecule has 102 valence electrons. The summed E-state index contributed by atoms with van der Waals surface area (Å²) in [5.41, 5.74) is 1.06. The van der Waals surface area contributed by atoms with E-state index in [0.717, 1.165) is 24.8 Å². The SMILES string of the molecule is CC(NC(=O)CNC(=O)C1CCC1)c1ccccc1. The van der Waals surface area contributed by atoms with Crippen LogP contribution in [-0.4, -0.2) is 18.4 Å². The molecule has 1 aliphatic carbocycles. The molecule has 2 rings (SSSR count). The van der Waals surface area contributed by atoms with E-state index in [1.165, 1.54) is 0 Å². The van der Waals surface area contributed by atoms with Gasteiger partial charge < -0.3 is 10.6 Å². The van der Waals surface area contributed by atoms with Gasteiger partial charge in [-0.15, -0.1) is 0 Å². The summed E-state index contributed by atoms with van der Waals surface area (Å²) in [6.07, 6.45) is 3.02. The topological polar surface area (TPSA) is 58.2 Å². The van der Waals surface area contributed by atoms with E-state index < -0.39 is 0 Å². The maximum Gasteiger partial charge on any atom is 0.239 e. The minimum atomic E-state index is -0.149. The van der Waals surface area contributed by atoms with Crippen molar-refractivity contribution in [3.05, 3.63) is 35.9 Å². The molecule has 1 atom stereocenters. The zero-order valence-electron chi connectivity index (χ0n) is 11.2. The average molecular weight is 260 g/mol. The maximum atomic E-state index is 11.7. The molecule has 0 spiro atoms. The predicted molar refractivity (Wildman–Crippen MR) is 73.4 cm³/mol. The highest BCUT2D eigenvalue weighted by Gasteiger charge is 2.25. The Morgan fingerprint density at radius 1 is 1.26 bits per heavy atom. The summed E-state index contributed by atoms with van der Waals surface area (Å²) < 4.78 is 0. The molecule has 0 radical (unpaired) electrons. The van der Waals surface area contributed by atoms with Crippen LogP contribution in [0, 0.1) is 5.92 Å². The van der Waals surface area contributed by atoms with Gasteiger partial charge in [-0.1, -0.05) is 36.8 Å². The van der Waals surface area contributed by atoms with Crippen LogP contribution in [0.25, 0.3) is 0 Å². The van der Waals surface area contributed by atoms with Crippen molar-refractivity contribution in [2.45, 2.75) is 32.2 Å². The molecule has 1 fully saturated rings. The van der Waals surface area contributed by atoms with Crippen molar-refractivity contribution in [3.63, 3.8) is 0 Å². The van der Waals surface area contributed by atoms with Crippen molar-refractivity contribution < 1.29 is 9.59 Å². The highest BCUT2D eigenvalue weighted by molar-refractivity contribution is 5.86. The van der Waals surface area contributed by atoms with Crippen LogP contribution in [0.15, 0.2) is 30.3 Å². The van der Waals surface area contributed by atoms with Crippen molar-refractivity contribution in [1.82, 2.24) is 10.6 Å². The molecule has 1 saturated carbocycles. The fraction of sp³-hybridized carbons (Fsp3) is 0.467. The Kier molecular flexibility index (Phi) is 4.55. The largest absolute Gasteiger partial charge is 0.348 e. The fourth-order valence-electron chi connectivity index (χ4n) is 2.10. The van der Waals surface area contributed by atoms with Gasteiger partial charge in [0, 0.05) is 5.92 Å². The summed E-state index contributed by atoms with van der Waals surface area (Å²) in [5, 5.41) is 5.56. The summed E-state index contributed by atoms with van der Waals surface area (Å²) in [6.45, 7) is 1.99. The van der Waals surface area contributed by atoms with Gasteiger partial charge in [0.15, 0.2) is 0 Å². The van der Waals surface area contributed by atoms with Crippen LogP contribution in [0.1, 0.15) is 37.8 Å². The van der Waals surface area contributed by atoms with Crippen molar-refractivity contribution >= 4 is 11.8 Å². The van der Waals surface area contributed by atoms with Gasteiger partial charge in [0.1, 0.15) is 0 Å². The number of rotatable bonds is 5. The summed E-state index contributed by atoms with van der Waals surface area (Å²) >= 11 is 0. The Balaban J connectivity index is 1.73. The van der Waals surface area contributed by atoms with Gasteiger partial charge >= 0.3 is 0 Å². The Morgan fingerprint density at radius 3 is 2.53 bits per heavy atom. The highest BCUT2D eigenvalue weighted by atomic mass is 16.2. The van der Waals surface area contributed by atoms with Crippen molar-refractivity contribution in [2.75, 3.05) is 6.54 Å². The molecule has 0 heterocycles. The van der Waals surface area contributed by atoms with E-state index in [0.29, 0.717) is 0 Å². The second-order valence-electron chi connectivity index (χ2n) is 5.05. The fourth-order valence-corrected chi connectivity index (χ4v) is 2.10. The molecular formula is C15H20N2O2. The normalized spacial score (nSPS) is 16.3. The minimum Gasteiger partial charge on any atom is -0.348 e. The van der Waals surface area contributed by atoms with E-state index in [1.54, 1.807) is 0 Å². The molecule has 2 amide bonds. The van der Waals surface area contributed by atoms with E-state index in [1.807, 2.05) is 37.3 Å². The van der Waals surface area contributed by atoms with E-state index in [9.17, 15) is 9.59 Å². The monoisotopic (exact) mass is 260 g/mol. The summed E-state index contributed by atoms with van der Waals surface area (Å²) in [5.74, 6) is -0.0165. The molecule has 0 saturated heterocycles. The average Bonchev–Trinajstić information content (AvgIpc) is 2.35. The van der Waals surface area contributed by atoms with Gasteiger partial charge in [0.25, 0.3) is 0 Å². The van der Waals surface area contributed by atoms with Crippen molar-refractivity contribution in [1.29, 1.82) is 0 Å². The van der Waals surface area contributed by atoms with E-state index in [2.05, 4.69) is 10.6 Å². The molecule has 0 bridgehead atoms. The first-order valence-electron chi connectivity index (χ1n) is 6.79. The van der Waals surface area contributed by atoms with Crippen LogP contribution >= 0.6 is 0 Å². The first-order chi connectivity index (χ1) is 9.16. The van der Waals surface area contributed by atoms with Crippen molar-refractivity contribution in [2.24, 2.45) is 5.92 Å². The van der Waals surface area contributed by atoms with E-state index in [-0.39, 0.29) is 30.3 Å². The second kappa shape index (κ2) is 6.36. The van der Waals surface area contributed by atoms with Gasteiger partial charge in [-0.05, 0) is 25.3 Å². The number of nitrogens with one attached hydrogen (secondary N) is 2. The molecule has 1 aromatic rings. The van der Waals surface area contributed by atoms with Crippen LogP contribution in [0.4, 0.5) is 0 Å². The minimum absolute atomic E-state index is 0.00811. The predicted octanol–water partition coefficient (Wildman–Crippen LogP) is 1.78. The van der Waals surface area contributed by atoms with Crippen molar-refractivity contribution in [3.8, 4) is 0 Å². The molecule has 2 N–H and O–H groups in total. The van der Waals surface area contributed by atoms with Crippen LogP contribution in [0.5, 0.6) is 0 Å². The molecule has 1 aliphatic rings.